The second-order valence-electron chi connectivity index (χ2n) is 7.17. The number of aliphatic hydroxyl groups excluding tert-OH is 3. The average molecular weight is 256 g/mol. The van der Waals surface area contributed by atoms with Crippen LogP contribution in [0.2, 0.25) is 0 Å². The van der Waals surface area contributed by atoms with Crippen molar-refractivity contribution in [1.29, 1.82) is 0 Å². The minimum atomic E-state index is -0.426. The van der Waals surface area contributed by atoms with Crippen LogP contribution in [0.4, 0.5) is 0 Å². The fourth-order valence-corrected chi connectivity index (χ4v) is 4.70. The first-order valence-electron chi connectivity index (χ1n) is 7.29. The van der Waals surface area contributed by atoms with Crippen molar-refractivity contribution in [1.82, 2.24) is 0 Å². The van der Waals surface area contributed by atoms with Gasteiger partial charge in [-0.1, -0.05) is 20.8 Å². The van der Waals surface area contributed by atoms with E-state index in [0.29, 0.717) is 11.8 Å². The van der Waals surface area contributed by atoms with Crippen molar-refractivity contribution in [2.24, 2.45) is 28.6 Å². The van der Waals surface area contributed by atoms with E-state index in [4.69, 9.17) is 0 Å². The molecule has 0 aromatic carbocycles. The van der Waals surface area contributed by atoms with Gasteiger partial charge in [-0.05, 0) is 48.9 Å². The molecule has 3 heteroatoms. The van der Waals surface area contributed by atoms with Crippen LogP contribution in [-0.2, 0) is 0 Å². The lowest BCUT2D eigenvalue weighted by atomic mass is 9.47. The molecule has 18 heavy (non-hydrogen) atoms. The highest BCUT2D eigenvalue weighted by Gasteiger charge is 2.56. The van der Waals surface area contributed by atoms with E-state index >= 15 is 0 Å². The first-order valence-corrected chi connectivity index (χ1v) is 7.29. The van der Waals surface area contributed by atoms with Gasteiger partial charge in [0.25, 0.3) is 0 Å². The molecule has 0 aromatic rings. The van der Waals surface area contributed by atoms with Gasteiger partial charge in [0.2, 0.25) is 0 Å². The summed E-state index contributed by atoms with van der Waals surface area (Å²) in [6, 6.07) is 0. The van der Waals surface area contributed by atoms with Crippen molar-refractivity contribution in [2.75, 3.05) is 13.2 Å². The van der Waals surface area contributed by atoms with Gasteiger partial charge < -0.3 is 15.3 Å². The van der Waals surface area contributed by atoms with Gasteiger partial charge in [0.05, 0.1) is 12.7 Å². The summed E-state index contributed by atoms with van der Waals surface area (Å²) in [5.74, 6) is 1.10. The maximum atomic E-state index is 10.6. The molecule has 0 aromatic heterocycles. The van der Waals surface area contributed by atoms with E-state index in [9.17, 15) is 15.3 Å². The van der Waals surface area contributed by atoms with E-state index in [1.165, 1.54) is 0 Å². The maximum absolute atomic E-state index is 10.6. The van der Waals surface area contributed by atoms with Crippen LogP contribution >= 0.6 is 0 Å². The van der Waals surface area contributed by atoms with Gasteiger partial charge in [-0.25, -0.2) is 0 Å². The van der Waals surface area contributed by atoms with Crippen LogP contribution in [0.5, 0.6) is 0 Å². The summed E-state index contributed by atoms with van der Waals surface area (Å²) in [7, 11) is 0. The van der Waals surface area contributed by atoms with Gasteiger partial charge in [-0.2, -0.15) is 0 Å². The van der Waals surface area contributed by atoms with Crippen molar-refractivity contribution in [3.8, 4) is 0 Å². The van der Waals surface area contributed by atoms with Crippen molar-refractivity contribution in [3.05, 3.63) is 0 Å². The maximum Gasteiger partial charge on any atom is 0.0646 e. The van der Waals surface area contributed by atoms with Gasteiger partial charge in [-0.15, -0.1) is 0 Å². The average Bonchev–Trinajstić information content (AvgIpc) is 2.35. The number of fused-ring (bicyclic) bond motifs is 2. The predicted molar refractivity (Wildman–Crippen MR) is 71.0 cm³/mol. The summed E-state index contributed by atoms with van der Waals surface area (Å²) in [5, 5.41) is 29.5. The molecular formula is C15H28O3. The summed E-state index contributed by atoms with van der Waals surface area (Å²) in [5.41, 5.74) is -0.182. The summed E-state index contributed by atoms with van der Waals surface area (Å²) in [4.78, 5) is 0. The van der Waals surface area contributed by atoms with E-state index < -0.39 is 6.10 Å². The smallest absolute Gasteiger partial charge is 0.0646 e. The second-order valence-corrected chi connectivity index (χ2v) is 7.17. The van der Waals surface area contributed by atoms with Gasteiger partial charge in [0.1, 0.15) is 0 Å². The summed E-state index contributed by atoms with van der Waals surface area (Å²) < 4.78 is 0. The van der Waals surface area contributed by atoms with Crippen molar-refractivity contribution in [3.63, 3.8) is 0 Å². The van der Waals surface area contributed by atoms with E-state index in [-0.39, 0.29) is 30.0 Å². The molecule has 6 unspecified atom stereocenters. The van der Waals surface area contributed by atoms with Crippen molar-refractivity contribution >= 4 is 0 Å². The number of hydrogen-bond donors (Lipinski definition) is 3. The molecule has 0 radical (unpaired) electrons. The monoisotopic (exact) mass is 256 g/mol. The van der Waals surface area contributed by atoms with Crippen LogP contribution in [0.15, 0.2) is 0 Å². The van der Waals surface area contributed by atoms with Crippen molar-refractivity contribution < 1.29 is 15.3 Å². The first kappa shape index (κ1) is 14.3. The molecule has 0 saturated heterocycles. The molecule has 6 atom stereocenters. The van der Waals surface area contributed by atoms with Crippen LogP contribution in [0.3, 0.4) is 0 Å². The zero-order valence-electron chi connectivity index (χ0n) is 11.9. The molecule has 3 N–H and O–H groups in total. The lowest BCUT2D eigenvalue weighted by Gasteiger charge is -2.59. The molecule has 0 heterocycles. The minimum Gasteiger partial charge on any atom is -0.396 e. The van der Waals surface area contributed by atoms with E-state index in [1.807, 2.05) is 6.92 Å². The molecule has 2 fully saturated rings. The minimum absolute atomic E-state index is 0.0760. The molecule has 2 aliphatic rings. The second kappa shape index (κ2) is 4.77. The van der Waals surface area contributed by atoms with Crippen molar-refractivity contribution in [2.45, 2.75) is 52.6 Å². The first-order chi connectivity index (χ1) is 8.39. The zero-order valence-corrected chi connectivity index (χ0v) is 11.9. The molecule has 2 rings (SSSR count). The molecule has 2 aliphatic carbocycles. The van der Waals surface area contributed by atoms with Crippen LogP contribution in [0, 0.1) is 28.6 Å². The summed E-state index contributed by atoms with van der Waals surface area (Å²) in [6.07, 6.45) is 3.66. The standard InChI is InChI=1S/C15H28O3/c1-10-12-8-11(15(3,9-17)13(10)18)4-5-14(12,2)6-7-16/h10-13,16-18H,4-9H2,1-3H3. The van der Waals surface area contributed by atoms with E-state index in [0.717, 1.165) is 25.7 Å². The lowest BCUT2D eigenvalue weighted by Crippen LogP contribution is -2.58. The van der Waals surface area contributed by atoms with E-state index in [1.54, 1.807) is 0 Å². The topological polar surface area (TPSA) is 60.7 Å². The Labute approximate surface area is 110 Å². The summed E-state index contributed by atoms with van der Waals surface area (Å²) >= 11 is 0. The predicted octanol–water partition coefficient (Wildman–Crippen LogP) is 1.80. The van der Waals surface area contributed by atoms with Crippen LogP contribution in [0.1, 0.15) is 46.5 Å². The third-order valence-corrected chi connectivity index (χ3v) is 6.26. The fourth-order valence-electron chi connectivity index (χ4n) is 4.70. The Hall–Kier alpha value is -0.120. The highest BCUT2D eigenvalue weighted by molar-refractivity contribution is 5.05. The molecule has 0 amide bonds. The zero-order chi connectivity index (χ0) is 13.6. The van der Waals surface area contributed by atoms with Gasteiger partial charge in [0.15, 0.2) is 0 Å². The van der Waals surface area contributed by atoms with Gasteiger partial charge in [0, 0.05) is 12.0 Å². The molecule has 2 bridgehead atoms. The Morgan fingerprint density at radius 2 is 1.89 bits per heavy atom. The Balaban J connectivity index is 2.27. The Morgan fingerprint density at radius 1 is 1.22 bits per heavy atom. The number of hydrogen-bond acceptors (Lipinski definition) is 3. The van der Waals surface area contributed by atoms with Crippen LogP contribution < -0.4 is 0 Å². The SMILES string of the molecule is CC1C2CC(CCC2(C)CCO)C(C)(CO)C1O. The molecular weight excluding hydrogens is 228 g/mol. The third kappa shape index (κ3) is 1.91. The van der Waals surface area contributed by atoms with Crippen LogP contribution in [0.25, 0.3) is 0 Å². The van der Waals surface area contributed by atoms with Crippen LogP contribution in [-0.4, -0.2) is 34.6 Å². The summed E-state index contributed by atoms with van der Waals surface area (Å²) in [6.45, 7) is 6.71. The number of aliphatic hydroxyl groups is 3. The lowest BCUT2D eigenvalue weighted by molar-refractivity contribution is -0.170. The molecule has 2 saturated carbocycles. The Morgan fingerprint density at radius 3 is 2.44 bits per heavy atom. The Kier molecular flexibility index (Phi) is 3.79. The highest BCUT2D eigenvalue weighted by atomic mass is 16.3. The third-order valence-electron chi connectivity index (χ3n) is 6.26. The largest absolute Gasteiger partial charge is 0.396 e. The van der Waals surface area contributed by atoms with Gasteiger partial charge >= 0.3 is 0 Å². The molecule has 106 valence electrons. The number of rotatable bonds is 3. The van der Waals surface area contributed by atoms with E-state index in [2.05, 4.69) is 13.8 Å². The molecule has 0 aliphatic heterocycles. The quantitative estimate of drug-likeness (QED) is 0.721. The normalized spacial score (nSPS) is 52.3. The highest BCUT2D eigenvalue weighted by Crippen LogP contribution is 2.59. The Bertz CT molecular complexity index is 302. The van der Waals surface area contributed by atoms with Gasteiger partial charge in [-0.3, -0.25) is 0 Å². The molecule has 3 nitrogen and oxygen atoms in total. The fraction of sp³-hybridized carbons (Fsp3) is 1.00. The molecule has 0 spiro atoms.